The Morgan fingerprint density at radius 2 is 2.14 bits per heavy atom. The van der Waals surface area contributed by atoms with E-state index < -0.39 is 6.55 Å². The van der Waals surface area contributed by atoms with Crippen molar-refractivity contribution in [2.24, 2.45) is 0 Å². The lowest BCUT2D eigenvalue weighted by molar-refractivity contribution is 0.0636. The van der Waals surface area contributed by atoms with E-state index in [0.29, 0.717) is 5.65 Å². The van der Waals surface area contributed by atoms with Gasteiger partial charge in [0.2, 0.25) is 0 Å². The van der Waals surface area contributed by atoms with E-state index in [9.17, 15) is 13.6 Å². The molecular weight excluding hydrogens is 294 g/mol. The monoisotopic (exact) mass is 308 g/mol. The van der Waals surface area contributed by atoms with Crippen molar-refractivity contribution < 1.29 is 8.78 Å². The van der Waals surface area contributed by atoms with Crippen LogP contribution in [-0.4, -0.2) is 35.7 Å². The van der Waals surface area contributed by atoms with E-state index in [2.05, 4.69) is 10.1 Å². The lowest BCUT2D eigenvalue weighted by Gasteiger charge is -2.16. The highest BCUT2D eigenvalue weighted by atomic mass is 19.3. The maximum absolute atomic E-state index is 12.8. The number of halogens is 2. The van der Waals surface area contributed by atoms with Gasteiger partial charge in [0.05, 0.1) is 13.2 Å². The molecule has 0 fully saturated rings. The van der Waals surface area contributed by atoms with Crippen molar-refractivity contribution in [3.05, 3.63) is 53.1 Å². The van der Waals surface area contributed by atoms with E-state index in [1.807, 2.05) is 0 Å². The van der Waals surface area contributed by atoms with E-state index >= 15 is 0 Å². The van der Waals surface area contributed by atoms with Gasteiger partial charge in [-0.25, -0.2) is 9.78 Å². The van der Waals surface area contributed by atoms with Crippen molar-refractivity contribution in [3.63, 3.8) is 0 Å². The molecule has 0 aliphatic rings. The van der Waals surface area contributed by atoms with Crippen LogP contribution in [0.2, 0.25) is 0 Å². The summed E-state index contributed by atoms with van der Waals surface area (Å²) >= 11 is 0. The van der Waals surface area contributed by atoms with Gasteiger partial charge in [0, 0.05) is 18.6 Å². The average molecular weight is 308 g/mol. The van der Waals surface area contributed by atoms with Gasteiger partial charge in [-0.05, 0) is 19.2 Å². The second-order valence-corrected chi connectivity index (χ2v) is 4.89. The molecule has 3 rings (SSSR count). The first kappa shape index (κ1) is 14.4. The molecule has 9 heteroatoms. The molecule has 0 N–H and O–H groups in total. The molecule has 0 unspecified atom stereocenters. The van der Waals surface area contributed by atoms with E-state index in [1.54, 1.807) is 36.3 Å². The van der Waals surface area contributed by atoms with E-state index in [-0.39, 0.29) is 24.7 Å². The first-order valence-electron chi connectivity index (χ1n) is 6.59. The number of hydrogen-bond donors (Lipinski definition) is 0. The molecule has 3 aromatic rings. The minimum absolute atomic E-state index is 0.177. The average Bonchev–Trinajstić information content (AvgIpc) is 3.05. The molecule has 0 amide bonds. The van der Waals surface area contributed by atoms with Crippen LogP contribution in [-0.2, 0) is 13.2 Å². The fraction of sp³-hybridized carbons (Fsp3) is 0.308. The standard InChI is InChI=1S/C13H14F2N6O/c1-18(8-11-16-5-7-19(11)12(14)15)9-21-13(22)20-6-3-2-4-10(20)17-21/h2-7,12H,8-9H2,1H3. The van der Waals surface area contributed by atoms with Crippen LogP contribution in [0.5, 0.6) is 0 Å². The summed E-state index contributed by atoms with van der Waals surface area (Å²) in [5.74, 6) is 0.231. The predicted octanol–water partition coefficient (Wildman–Crippen LogP) is 1.18. The molecule has 116 valence electrons. The fourth-order valence-electron chi connectivity index (χ4n) is 2.22. The highest BCUT2D eigenvalue weighted by molar-refractivity contribution is 5.35. The third kappa shape index (κ3) is 2.62. The lowest BCUT2D eigenvalue weighted by atomic mass is 10.5. The van der Waals surface area contributed by atoms with Gasteiger partial charge in [-0.1, -0.05) is 6.07 Å². The van der Waals surface area contributed by atoms with Gasteiger partial charge in [-0.2, -0.15) is 13.5 Å². The third-order valence-electron chi connectivity index (χ3n) is 3.23. The summed E-state index contributed by atoms with van der Waals surface area (Å²) in [7, 11) is 1.71. The van der Waals surface area contributed by atoms with Crippen molar-refractivity contribution in [1.29, 1.82) is 0 Å². The zero-order valence-corrected chi connectivity index (χ0v) is 11.8. The van der Waals surface area contributed by atoms with Gasteiger partial charge in [0.1, 0.15) is 5.82 Å². The molecule has 3 heterocycles. The Bertz CT molecular complexity index is 836. The molecular formula is C13H14F2N6O. The normalized spacial score (nSPS) is 11.9. The van der Waals surface area contributed by atoms with E-state index in [1.165, 1.54) is 21.5 Å². The molecule has 3 aromatic heterocycles. The number of nitrogens with zero attached hydrogens (tertiary/aromatic N) is 6. The topological polar surface area (TPSA) is 60.4 Å². The lowest BCUT2D eigenvalue weighted by Crippen LogP contribution is -2.30. The van der Waals surface area contributed by atoms with Crippen LogP contribution >= 0.6 is 0 Å². The van der Waals surface area contributed by atoms with Crippen molar-refractivity contribution in [2.45, 2.75) is 19.8 Å². The third-order valence-corrected chi connectivity index (χ3v) is 3.23. The Balaban J connectivity index is 1.78. The van der Waals surface area contributed by atoms with Gasteiger partial charge in [0.15, 0.2) is 5.65 Å². The van der Waals surface area contributed by atoms with Crippen LogP contribution in [0.1, 0.15) is 12.4 Å². The number of rotatable bonds is 5. The second kappa shape index (κ2) is 5.68. The van der Waals surface area contributed by atoms with Crippen LogP contribution in [0, 0.1) is 0 Å². The van der Waals surface area contributed by atoms with Crippen LogP contribution < -0.4 is 5.69 Å². The Hall–Kier alpha value is -2.55. The molecule has 0 atom stereocenters. The number of aromatic nitrogens is 5. The highest BCUT2D eigenvalue weighted by Gasteiger charge is 2.14. The molecule has 0 aliphatic carbocycles. The van der Waals surface area contributed by atoms with Crippen LogP contribution in [0.3, 0.4) is 0 Å². The maximum Gasteiger partial charge on any atom is 0.351 e. The van der Waals surface area contributed by atoms with Crippen LogP contribution in [0.25, 0.3) is 5.65 Å². The smallest absolute Gasteiger partial charge is 0.280 e. The number of hydrogen-bond acceptors (Lipinski definition) is 4. The summed E-state index contributed by atoms with van der Waals surface area (Å²) in [5, 5.41) is 4.19. The fourth-order valence-corrected chi connectivity index (χ4v) is 2.22. The summed E-state index contributed by atoms with van der Waals surface area (Å²) in [6.45, 7) is -2.28. The quantitative estimate of drug-likeness (QED) is 0.710. The zero-order chi connectivity index (χ0) is 15.7. The molecule has 0 radical (unpaired) electrons. The predicted molar refractivity (Wildman–Crippen MR) is 74.4 cm³/mol. The minimum Gasteiger partial charge on any atom is -0.280 e. The highest BCUT2D eigenvalue weighted by Crippen LogP contribution is 2.13. The van der Waals surface area contributed by atoms with Crippen LogP contribution in [0.4, 0.5) is 8.78 Å². The van der Waals surface area contributed by atoms with Gasteiger partial charge in [-0.15, -0.1) is 5.10 Å². The first-order valence-corrected chi connectivity index (χ1v) is 6.59. The van der Waals surface area contributed by atoms with Gasteiger partial charge in [-0.3, -0.25) is 13.9 Å². The van der Waals surface area contributed by atoms with Gasteiger partial charge in [0.25, 0.3) is 0 Å². The van der Waals surface area contributed by atoms with Crippen molar-refractivity contribution >= 4 is 5.65 Å². The number of alkyl halides is 2. The summed E-state index contributed by atoms with van der Waals surface area (Å²) in [5.41, 5.74) is 0.259. The Morgan fingerprint density at radius 3 is 2.86 bits per heavy atom. The summed E-state index contributed by atoms with van der Waals surface area (Å²) in [6.07, 6.45) is 4.18. The number of fused-ring (bicyclic) bond motifs is 1. The second-order valence-electron chi connectivity index (χ2n) is 4.89. The largest absolute Gasteiger partial charge is 0.351 e. The number of pyridine rings is 1. The summed E-state index contributed by atoms with van der Waals surface area (Å²) in [4.78, 5) is 17.7. The molecule has 0 bridgehead atoms. The van der Waals surface area contributed by atoms with Crippen molar-refractivity contribution in [1.82, 2.24) is 28.6 Å². The Labute approximate surface area is 124 Å². The molecule has 0 saturated carbocycles. The summed E-state index contributed by atoms with van der Waals surface area (Å²) < 4.78 is 29.1. The van der Waals surface area contributed by atoms with Gasteiger partial charge >= 0.3 is 12.2 Å². The van der Waals surface area contributed by atoms with E-state index in [4.69, 9.17) is 0 Å². The van der Waals surface area contributed by atoms with Crippen LogP contribution in [0.15, 0.2) is 41.6 Å². The summed E-state index contributed by atoms with van der Waals surface area (Å²) in [6, 6.07) is 5.25. The molecule has 0 spiro atoms. The van der Waals surface area contributed by atoms with Gasteiger partial charge < -0.3 is 0 Å². The maximum atomic E-state index is 12.8. The number of imidazole rings is 1. The minimum atomic E-state index is -2.64. The Kier molecular flexibility index (Phi) is 3.72. The SMILES string of the molecule is CN(Cc1nccn1C(F)F)Cn1nc2ccccn2c1=O. The molecule has 0 aromatic carbocycles. The molecule has 0 aliphatic heterocycles. The molecule has 0 saturated heterocycles. The first-order chi connectivity index (χ1) is 10.6. The van der Waals surface area contributed by atoms with Crippen molar-refractivity contribution in [3.8, 4) is 0 Å². The van der Waals surface area contributed by atoms with E-state index in [0.717, 1.165) is 4.57 Å². The Morgan fingerprint density at radius 1 is 1.32 bits per heavy atom. The molecule has 22 heavy (non-hydrogen) atoms. The zero-order valence-electron chi connectivity index (χ0n) is 11.8. The molecule has 7 nitrogen and oxygen atoms in total. The van der Waals surface area contributed by atoms with Crippen molar-refractivity contribution in [2.75, 3.05) is 7.05 Å².